The van der Waals surface area contributed by atoms with Gasteiger partial charge in [-0.15, -0.1) is 0 Å². The molecule has 0 aliphatic heterocycles. The number of rotatable bonds is 9. The van der Waals surface area contributed by atoms with Gasteiger partial charge in [0.25, 0.3) is 0 Å². The van der Waals surface area contributed by atoms with Crippen molar-refractivity contribution in [2.75, 3.05) is 13.2 Å². The summed E-state index contributed by atoms with van der Waals surface area (Å²) in [5.74, 6) is -2.11. The summed E-state index contributed by atoms with van der Waals surface area (Å²) >= 11 is 0. The molecule has 6 nitrogen and oxygen atoms in total. The highest BCUT2D eigenvalue weighted by Crippen LogP contribution is 2.17. The lowest BCUT2D eigenvalue weighted by atomic mass is 10.0. The van der Waals surface area contributed by atoms with Crippen molar-refractivity contribution >= 4 is 17.9 Å². The second-order valence-electron chi connectivity index (χ2n) is 5.05. The van der Waals surface area contributed by atoms with Gasteiger partial charge < -0.3 is 14.6 Å². The molecule has 0 aromatic heterocycles. The van der Waals surface area contributed by atoms with Gasteiger partial charge in [0.15, 0.2) is 0 Å². The van der Waals surface area contributed by atoms with Crippen LogP contribution in [-0.2, 0) is 20.7 Å². The molecule has 0 amide bonds. The molecule has 23 heavy (non-hydrogen) atoms. The number of carbonyl (C=O) groups is 3. The minimum Gasteiger partial charge on any atom is -0.481 e. The molecule has 0 saturated heterocycles. The van der Waals surface area contributed by atoms with Crippen LogP contribution in [-0.4, -0.2) is 36.2 Å². The number of carboxylic acid groups (broad SMARTS) is 1. The van der Waals surface area contributed by atoms with E-state index >= 15 is 0 Å². The zero-order chi connectivity index (χ0) is 17.2. The van der Waals surface area contributed by atoms with Crippen molar-refractivity contribution in [3.63, 3.8) is 0 Å². The average Bonchev–Trinajstić information content (AvgIpc) is 2.55. The Kier molecular flexibility index (Phi) is 7.80. The van der Waals surface area contributed by atoms with Crippen molar-refractivity contribution < 1.29 is 29.0 Å². The molecule has 0 unspecified atom stereocenters. The van der Waals surface area contributed by atoms with Crippen LogP contribution in [0.3, 0.4) is 0 Å². The number of aliphatic carboxylic acids is 1. The molecule has 6 heteroatoms. The van der Waals surface area contributed by atoms with Gasteiger partial charge in [-0.1, -0.05) is 19.9 Å². The molecule has 0 aliphatic carbocycles. The fourth-order valence-corrected chi connectivity index (χ4v) is 1.89. The van der Waals surface area contributed by atoms with Crippen LogP contribution < -0.4 is 0 Å². The van der Waals surface area contributed by atoms with Crippen LogP contribution in [0.15, 0.2) is 18.2 Å². The van der Waals surface area contributed by atoms with E-state index in [9.17, 15) is 14.4 Å². The van der Waals surface area contributed by atoms with E-state index in [1.807, 2.05) is 13.8 Å². The Balaban J connectivity index is 3.04. The molecule has 0 atom stereocenters. The van der Waals surface area contributed by atoms with E-state index in [0.717, 1.165) is 0 Å². The van der Waals surface area contributed by atoms with Gasteiger partial charge in [-0.2, -0.15) is 0 Å². The van der Waals surface area contributed by atoms with E-state index in [1.54, 1.807) is 6.07 Å². The number of hydrogen-bond acceptors (Lipinski definition) is 5. The lowest BCUT2D eigenvalue weighted by Gasteiger charge is -2.11. The van der Waals surface area contributed by atoms with Gasteiger partial charge in [-0.25, -0.2) is 9.59 Å². The van der Waals surface area contributed by atoms with Gasteiger partial charge in [0, 0.05) is 6.42 Å². The first-order valence-electron chi connectivity index (χ1n) is 7.68. The molecule has 0 fully saturated rings. The van der Waals surface area contributed by atoms with E-state index in [0.29, 0.717) is 18.4 Å². The maximum absolute atomic E-state index is 12.1. The number of aryl methyl sites for hydroxylation is 1. The zero-order valence-corrected chi connectivity index (χ0v) is 13.5. The lowest BCUT2D eigenvalue weighted by Crippen LogP contribution is -2.15. The van der Waals surface area contributed by atoms with Crippen LogP contribution in [0.2, 0.25) is 0 Å². The number of carbonyl (C=O) groups excluding carboxylic acids is 2. The van der Waals surface area contributed by atoms with E-state index < -0.39 is 17.9 Å². The fraction of sp³-hybridized carbons (Fsp3) is 0.471. The number of benzene rings is 1. The molecule has 0 aliphatic rings. The third-order valence-corrected chi connectivity index (χ3v) is 3.03. The quantitative estimate of drug-likeness (QED) is 0.703. The van der Waals surface area contributed by atoms with E-state index in [4.69, 9.17) is 14.6 Å². The molecule has 0 bridgehead atoms. The van der Waals surface area contributed by atoms with Crippen LogP contribution in [0.25, 0.3) is 0 Å². The Bertz CT molecular complexity index is 564. The Labute approximate surface area is 135 Å². The third-order valence-electron chi connectivity index (χ3n) is 3.03. The molecule has 0 radical (unpaired) electrons. The summed E-state index contributed by atoms with van der Waals surface area (Å²) in [4.78, 5) is 34.9. The van der Waals surface area contributed by atoms with E-state index in [2.05, 4.69) is 0 Å². The zero-order valence-electron chi connectivity index (χ0n) is 13.5. The summed E-state index contributed by atoms with van der Waals surface area (Å²) in [6.45, 7) is 4.26. The van der Waals surface area contributed by atoms with E-state index in [-0.39, 0.29) is 37.2 Å². The van der Waals surface area contributed by atoms with Gasteiger partial charge in [-0.05, 0) is 37.0 Å². The van der Waals surface area contributed by atoms with Crippen molar-refractivity contribution in [2.24, 2.45) is 0 Å². The number of esters is 2. The molecule has 126 valence electrons. The number of ether oxygens (including phenoxy) is 2. The van der Waals surface area contributed by atoms with Crippen LogP contribution >= 0.6 is 0 Å². The SMILES string of the molecule is CCCOC(=O)c1ccc(CCC(=O)O)cc1C(=O)OCCC. The van der Waals surface area contributed by atoms with Crippen molar-refractivity contribution in [1.29, 1.82) is 0 Å². The average molecular weight is 322 g/mol. The smallest absolute Gasteiger partial charge is 0.339 e. The molecule has 1 aromatic carbocycles. The normalized spacial score (nSPS) is 10.2. The van der Waals surface area contributed by atoms with E-state index in [1.165, 1.54) is 12.1 Å². The van der Waals surface area contributed by atoms with Crippen molar-refractivity contribution in [3.8, 4) is 0 Å². The first-order chi connectivity index (χ1) is 11.0. The van der Waals surface area contributed by atoms with Gasteiger partial charge in [0.2, 0.25) is 0 Å². The third kappa shape index (κ3) is 6.10. The fourth-order valence-electron chi connectivity index (χ4n) is 1.89. The highest BCUT2D eigenvalue weighted by molar-refractivity contribution is 6.03. The van der Waals surface area contributed by atoms with Crippen molar-refractivity contribution in [2.45, 2.75) is 39.5 Å². The summed E-state index contributed by atoms with van der Waals surface area (Å²) in [5.41, 5.74) is 0.906. The van der Waals surface area contributed by atoms with Crippen LogP contribution in [0.5, 0.6) is 0 Å². The van der Waals surface area contributed by atoms with Gasteiger partial charge >= 0.3 is 17.9 Å². The van der Waals surface area contributed by atoms with Crippen LogP contribution in [0.1, 0.15) is 59.4 Å². The monoisotopic (exact) mass is 322 g/mol. The molecule has 1 rings (SSSR count). The topological polar surface area (TPSA) is 89.9 Å². The number of carboxylic acids is 1. The first kappa shape index (κ1) is 18.7. The molecule has 0 heterocycles. The second kappa shape index (κ2) is 9.61. The van der Waals surface area contributed by atoms with Crippen LogP contribution in [0, 0.1) is 0 Å². The van der Waals surface area contributed by atoms with Crippen molar-refractivity contribution in [3.05, 3.63) is 34.9 Å². The molecular weight excluding hydrogens is 300 g/mol. The molecule has 0 spiro atoms. The first-order valence-corrected chi connectivity index (χ1v) is 7.68. The summed E-state index contributed by atoms with van der Waals surface area (Å²) < 4.78 is 10.2. The predicted molar refractivity (Wildman–Crippen MR) is 83.5 cm³/mol. The Hall–Kier alpha value is -2.37. The minimum absolute atomic E-state index is 0.0525. The summed E-state index contributed by atoms with van der Waals surface area (Å²) in [5, 5.41) is 8.74. The molecular formula is C17H22O6. The van der Waals surface area contributed by atoms with Crippen LogP contribution in [0.4, 0.5) is 0 Å². The van der Waals surface area contributed by atoms with Gasteiger partial charge in [0.1, 0.15) is 0 Å². The summed E-state index contributed by atoms with van der Waals surface area (Å²) in [6, 6.07) is 4.61. The molecule has 1 N–H and O–H groups in total. The largest absolute Gasteiger partial charge is 0.481 e. The van der Waals surface area contributed by atoms with Gasteiger partial charge in [0.05, 0.1) is 24.3 Å². The minimum atomic E-state index is -0.924. The summed E-state index contributed by atoms with van der Waals surface area (Å²) in [7, 11) is 0. The second-order valence-corrected chi connectivity index (χ2v) is 5.05. The highest BCUT2D eigenvalue weighted by atomic mass is 16.5. The Morgan fingerprint density at radius 1 is 0.957 bits per heavy atom. The standard InChI is InChI=1S/C17H22O6/c1-3-9-22-16(20)13-7-5-12(6-8-15(18)19)11-14(13)17(21)23-10-4-2/h5,7,11H,3-4,6,8-10H2,1-2H3,(H,18,19). The molecule has 1 aromatic rings. The highest BCUT2D eigenvalue weighted by Gasteiger charge is 2.20. The summed E-state index contributed by atoms with van der Waals surface area (Å²) in [6.07, 6.45) is 1.56. The Morgan fingerprint density at radius 2 is 1.52 bits per heavy atom. The maximum atomic E-state index is 12.1. The van der Waals surface area contributed by atoms with Gasteiger partial charge in [-0.3, -0.25) is 4.79 Å². The Morgan fingerprint density at radius 3 is 2.04 bits per heavy atom. The number of hydrogen-bond donors (Lipinski definition) is 1. The maximum Gasteiger partial charge on any atom is 0.339 e. The van der Waals surface area contributed by atoms with Crippen molar-refractivity contribution in [1.82, 2.24) is 0 Å². The predicted octanol–water partition coefficient (Wildman–Crippen LogP) is 2.84. The lowest BCUT2D eigenvalue weighted by molar-refractivity contribution is -0.136. The molecule has 0 saturated carbocycles.